The third-order valence-corrected chi connectivity index (χ3v) is 3.33. The Morgan fingerprint density at radius 1 is 1.45 bits per heavy atom. The lowest BCUT2D eigenvalue weighted by molar-refractivity contribution is 0.0561. The summed E-state index contributed by atoms with van der Waals surface area (Å²) in [6.07, 6.45) is 5.64. The Kier molecular flexibility index (Phi) is 1.90. The van der Waals surface area contributed by atoms with E-state index in [2.05, 4.69) is 17.7 Å². The molecule has 1 saturated carbocycles. The Morgan fingerprint density at radius 2 is 2.27 bits per heavy atom. The molecule has 2 heteroatoms. The SMILES string of the molecule is CNC1CC2(CCCNC2)C1. The van der Waals surface area contributed by atoms with Crippen LogP contribution in [0, 0.1) is 5.41 Å². The monoisotopic (exact) mass is 154 g/mol. The van der Waals surface area contributed by atoms with Gasteiger partial charge in [-0.25, -0.2) is 0 Å². The summed E-state index contributed by atoms with van der Waals surface area (Å²) in [5, 5.41) is 6.84. The highest BCUT2D eigenvalue weighted by atomic mass is 15.0. The van der Waals surface area contributed by atoms with Crippen LogP contribution in [0.15, 0.2) is 0 Å². The van der Waals surface area contributed by atoms with Gasteiger partial charge in [-0.05, 0) is 44.7 Å². The Morgan fingerprint density at radius 3 is 2.82 bits per heavy atom. The van der Waals surface area contributed by atoms with Crippen LogP contribution in [0.2, 0.25) is 0 Å². The van der Waals surface area contributed by atoms with Crippen molar-refractivity contribution in [2.45, 2.75) is 31.7 Å². The normalized spacial score (nSPS) is 43.9. The van der Waals surface area contributed by atoms with Crippen LogP contribution in [-0.2, 0) is 0 Å². The molecule has 2 rings (SSSR count). The number of hydrogen-bond donors (Lipinski definition) is 2. The molecule has 2 fully saturated rings. The molecule has 11 heavy (non-hydrogen) atoms. The van der Waals surface area contributed by atoms with Crippen molar-refractivity contribution in [2.75, 3.05) is 20.1 Å². The zero-order valence-corrected chi connectivity index (χ0v) is 7.32. The average molecular weight is 154 g/mol. The molecule has 1 saturated heterocycles. The van der Waals surface area contributed by atoms with E-state index < -0.39 is 0 Å². The predicted octanol–water partition coefficient (Wildman–Crippen LogP) is 0.738. The summed E-state index contributed by atoms with van der Waals surface area (Å²) in [6, 6.07) is 0.815. The molecule has 1 aliphatic heterocycles. The van der Waals surface area contributed by atoms with Gasteiger partial charge >= 0.3 is 0 Å². The van der Waals surface area contributed by atoms with Crippen molar-refractivity contribution in [1.82, 2.24) is 10.6 Å². The quantitative estimate of drug-likeness (QED) is 0.582. The lowest BCUT2D eigenvalue weighted by Crippen LogP contribution is -2.54. The molecule has 0 aromatic carbocycles. The van der Waals surface area contributed by atoms with E-state index in [4.69, 9.17) is 0 Å². The molecule has 2 nitrogen and oxygen atoms in total. The Labute approximate surface area is 68.7 Å². The molecular formula is C9H18N2. The van der Waals surface area contributed by atoms with Crippen molar-refractivity contribution >= 4 is 0 Å². The number of nitrogens with one attached hydrogen (secondary N) is 2. The standard InChI is InChI=1S/C9H18N2/c1-10-8-5-9(6-8)3-2-4-11-7-9/h8,10-11H,2-7H2,1H3. The van der Waals surface area contributed by atoms with E-state index >= 15 is 0 Å². The Hall–Kier alpha value is -0.0800. The molecule has 0 radical (unpaired) electrons. The summed E-state index contributed by atoms with van der Waals surface area (Å²) >= 11 is 0. The van der Waals surface area contributed by atoms with Crippen LogP contribution < -0.4 is 10.6 Å². The maximum Gasteiger partial charge on any atom is 0.00756 e. The molecule has 2 aliphatic rings. The fraction of sp³-hybridized carbons (Fsp3) is 1.00. The molecular weight excluding hydrogens is 136 g/mol. The van der Waals surface area contributed by atoms with Crippen molar-refractivity contribution in [2.24, 2.45) is 5.41 Å². The lowest BCUT2D eigenvalue weighted by atomic mass is 9.62. The molecule has 0 aromatic heterocycles. The molecule has 0 atom stereocenters. The molecule has 1 aliphatic carbocycles. The summed E-state index contributed by atoms with van der Waals surface area (Å²) in [6.45, 7) is 2.51. The van der Waals surface area contributed by atoms with Gasteiger partial charge < -0.3 is 10.6 Å². The molecule has 1 spiro atoms. The van der Waals surface area contributed by atoms with Gasteiger partial charge in [0, 0.05) is 12.6 Å². The van der Waals surface area contributed by atoms with Crippen LogP contribution in [0.25, 0.3) is 0 Å². The van der Waals surface area contributed by atoms with Gasteiger partial charge in [0.1, 0.15) is 0 Å². The van der Waals surface area contributed by atoms with Crippen LogP contribution in [0.4, 0.5) is 0 Å². The highest BCUT2D eigenvalue weighted by Crippen LogP contribution is 2.45. The van der Waals surface area contributed by atoms with E-state index in [9.17, 15) is 0 Å². The third kappa shape index (κ3) is 1.30. The van der Waals surface area contributed by atoms with Gasteiger partial charge in [0.25, 0.3) is 0 Å². The summed E-state index contributed by atoms with van der Waals surface area (Å²) < 4.78 is 0. The first-order chi connectivity index (χ1) is 5.35. The van der Waals surface area contributed by atoms with E-state index in [0.717, 1.165) is 6.04 Å². The minimum atomic E-state index is 0.700. The molecule has 2 N–H and O–H groups in total. The van der Waals surface area contributed by atoms with Gasteiger partial charge in [0.2, 0.25) is 0 Å². The number of piperidine rings is 1. The highest BCUT2D eigenvalue weighted by Gasteiger charge is 2.43. The third-order valence-electron chi connectivity index (χ3n) is 3.33. The first-order valence-electron chi connectivity index (χ1n) is 4.73. The molecule has 0 bridgehead atoms. The largest absolute Gasteiger partial charge is 0.317 e. The van der Waals surface area contributed by atoms with Crippen LogP contribution in [0.3, 0.4) is 0 Å². The number of hydrogen-bond acceptors (Lipinski definition) is 2. The molecule has 0 amide bonds. The summed E-state index contributed by atoms with van der Waals surface area (Å²) in [5.41, 5.74) is 0.700. The van der Waals surface area contributed by atoms with Gasteiger partial charge in [-0.2, -0.15) is 0 Å². The predicted molar refractivity (Wildman–Crippen MR) is 46.6 cm³/mol. The van der Waals surface area contributed by atoms with E-state index in [1.165, 1.54) is 38.8 Å². The van der Waals surface area contributed by atoms with E-state index in [1.807, 2.05) is 0 Å². The number of rotatable bonds is 1. The van der Waals surface area contributed by atoms with Crippen molar-refractivity contribution in [3.63, 3.8) is 0 Å². The topological polar surface area (TPSA) is 24.1 Å². The maximum absolute atomic E-state index is 3.49. The molecule has 64 valence electrons. The second kappa shape index (κ2) is 2.76. The smallest absolute Gasteiger partial charge is 0.00756 e. The van der Waals surface area contributed by atoms with Crippen molar-refractivity contribution < 1.29 is 0 Å². The Balaban J connectivity index is 1.84. The van der Waals surface area contributed by atoms with Crippen LogP contribution >= 0.6 is 0 Å². The zero-order chi connectivity index (χ0) is 7.73. The van der Waals surface area contributed by atoms with Crippen molar-refractivity contribution in [3.05, 3.63) is 0 Å². The molecule has 0 unspecified atom stereocenters. The fourth-order valence-corrected chi connectivity index (χ4v) is 2.57. The van der Waals surface area contributed by atoms with Gasteiger partial charge in [-0.3, -0.25) is 0 Å². The van der Waals surface area contributed by atoms with Gasteiger partial charge in [0.05, 0.1) is 0 Å². The van der Waals surface area contributed by atoms with Crippen molar-refractivity contribution in [3.8, 4) is 0 Å². The summed E-state index contributed by atoms with van der Waals surface area (Å²) in [7, 11) is 2.08. The second-order valence-corrected chi connectivity index (χ2v) is 4.17. The minimum absolute atomic E-state index is 0.700. The van der Waals surface area contributed by atoms with E-state index in [-0.39, 0.29) is 0 Å². The highest BCUT2D eigenvalue weighted by molar-refractivity contribution is 4.99. The summed E-state index contributed by atoms with van der Waals surface area (Å²) in [5.74, 6) is 0. The van der Waals surface area contributed by atoms with Crippen LogP contribution in [0.1, 0.15) is 25.7 Å². The Bertz CT molecular complexity index is 130. The second-order valence-electron chi connectivity index (χ2n) is 4.17. The van der Waals surface area contributed by atoms with Crippen LogP contribution in [0.5, 0.6) is 0 Å². The van der Waals surface area contributed by atoms with E-state index in [1.54, 1.807) is 0 Å². The lowest BCUT2D eigenvalue weighted by Gasteiger charge is -2.50. The fourth-order valence-electron chi connectivity index (χ4n) is 2.57. The zero-order valence-electron chi connectivity index (χ0n) is 7.32. The first-order valence-corrected chi connectivity index (χ1v) is 4.73. The minimum Gasteiger partial charge on any atom is -0.317 e. The average Bonchev–Trinajstić information content (AvgIpc) is 2.01. The molecule has 1 heterocycles. The van der Waals surface area contributed by atoms with Gasteiger partial charge in [-0.1, -0.05) is 0 Å². The first kappa shape index (κ1) is 7.56. The van der Waals surface area contributed by atoms with E-state index in [0.29, 0.717) is 5.41 Å². The van der Waals surface area contributed by atoms with Gasteiger partial charge in [-0.15, -0.1) is 0 Å². The van der Waals surface area contributed by atoms with Crippen molar-refractivity contribution in [1.29, 1.82) is 0 Å². The maximum atomic E-state index is 3.49. The van der Waals surface area contributed by atoms with Crippen LogP contribution in [-0.4, -0.2) is 26.2 Å². The summed E-state index contributed by atoms with van der Waals surface area (Å²) in [4.78, 5) is 0. The van der Waals surface area contributed by atoms with Gasteiger partial charge in [0.15, 0.2) is 0 Å². The molecule has 0 aromatic rings.